The van der Waals surface area contributed by atoms with Crippen molar-refractivity contribution in [2.45, 2.75) is 6.54 Å². The van der Waals surface area contributed by atoms with Crippen LogP contribution in [0.4, 0.5) is 15.8 Å². The summed E-state index contributed by atoms with van der Waals surface area (Å²) in [4.78, 5) is 20.4. The lowest BCUT2D eigenvalue weighted by molar-refractivity contribution is 0.0697. The lowest BCUT2D eigenvalue weighted by atomic mass is 10.2. The van der Waals surface area contributed by atoms with E-state index in [1.54, 1.807) is 43.5 Å². The number of hydrogen-bond donors (Lipinski definition) is 2. The second kappa shape index (κ2) is 10.7. The molecule has 0 spiro atoms. The molecule has 0 atom stereocenters. The zero-order valence-electron chi connectivity index (χ0n) is 18.9. The number of carbonyl (C=O) groups is 1. The lowest BCUT2D eigenvalue weighted by Gasteiger charge is -2.37. The average molecular weight is 463 g/mol. The predicted molar refractivity (Wildman–Crippen MR) is 131 cm³/mol. The van der Waals surface area contributed by atoms with E-state index in [0.29, 0.717) is 12.5 Å². The number of aromatic carboxylic acids is 1. The Morgan fingerprint density at radius 1 is 1.03 bits per heavy atom. The van der Waals surface area contributed by atoms with Crippen LogP contribution in [0.5, 0.6) is 5.75 Å². The zero-order valence-corrected chi connectivity index (χ0v) is 18.9. The van der Waals surface area contributed by atoms with E-state index in [1.165, 1.54) is 12.1 Å². The number of nitrogens with zero attached hydrogens (tertiary/aromatic N) is 3. The SMILES string of the molecule is COc1cccc(CN=C(Nc2ccc(C(=O)O)cc2)N2CCN(c3ccc(F)cc3)CC2)c1. The quantitative estimate of drug-likeness (QED) is 0.420. The molecule has 3 aromatic carbocycles. The number of anilines is 2. The Hall–Kier alpha value is -4.07. The first-order valence-electron chi connectivity index (χ1n) is 11.0. The number of hydrogen-bond acceptors (Lipinski definition) is 4. The average Bonchev–Trinajstić information content (AvgIpc) is 2.87. The highest BCUT2D eigenvalue weighted by Gasteiger charge is 2.20. The van der Waals surface area contributed by atoms with E-state index in [9.17, 15) is 9.18 Å². The molecule has 8 heteroatoms. The molecule has 1 heterocycles. The van der Waals surface area contributed by atoms with Crippen LogP contribution in [0, 0.1) is 5.82 Å². The molecule has 7 nitrogen and oxygen atoms in total. The summed E-state index contributed by atoms with van der Waals surface area (Å²) in [5.74, 6) is 0.284. The fraction of sp³-hybridized carbons (Fsp3) is 0.231. The first kappa shape index (κ1) is 23.1. The van der Waals surface area contributed by atoms with Crippen LogP contribution in [0.25, 0.3) is 0 Å². The van der Waals surface area contributed by atoms with E-state index in [0.717, 1.165) is 48.9 Å². The molecule has 0 aromatic heterocycles. The van der Waals surface area contributed by atoms with Crippen LogP contribution < -0.4 is 15.0 Å². The summed E-state index contributed by atoms with van der Waals surface area (Å²) in [5.41, 5.74) is 3.00. The molecule has 2 N–H and O–H groups in total. The van der Waals surface area contributed by atoms with E-state index in [2.05, 4.69) is 15.1 Å². The van der Waals surface area contributed by atoms with Gasteiger partial charge >= 0.3 is 5.97 Å². The first-order chi connectivity index (χ1) is 16.5. The smallest absolute Gasteiger partial charge is 0.335 e. The van der Waals surface area contributed by atoms with Gasteiger partial charge < -0.3 is 25.0 Å². The molecule has 1 aliphatic rings. The van der Waals surface area contributed by atoms with Crippen molar-refractivity contribution in [2.75, 3.05) is 43.5 Å². The van der Waals surface area contributed by atoms with Crippen molar-refractivity contribution in [3.8, 4) is 5.75 Å². The third kappa shape index (κ3) is 5.83. The van der Waals surface area contributed by atoms with Gasteiger partial charge in [-0.3, -0.25) is 0 Å². The molecule has 0 amide bonds. The molecule has 1 fully saturated rings. The number of rotatable bonds is 6. The molecule has 4 rings (SSSR count). The number of piperazine rings is 1. The fourth-order valence-corrected chi connectivity index (χ4v) is 3.81. The maximum Gasteiger partial charge on any atom is 0.335 e. The molecular weight excluding hydrogens is 435 g/mol. The van der Waals surface area contributed by atoms with E-state index in [4.69, 9.17) is 14.8 Å². The summed E-state index contributed by atoms with van der Waals surface area (Å²) >= 11 is 0. The molecule has 0 saturated carbocycles. The van der Waals surface area contributed by atoms with Crippen LogP contribution in [-0.2, 0) is 6.54 Å². The van der Waals surface area contributed by atoms with Crippen molar-refractivity contribution in [2.24, 2.45) is 4.99 Å². The number of nitrogens with one attached hydrogen (secondary N) is 1. The van der Waals surface area contributed by atoms with Crippen LogP contribution in [0.15, 0.2) is 77.8 Å². The van der Waals surface area contributed by atoms with Gasteiger partial charge in [-0.25, -0.2) is 14.2 Å². The standard InChI is InChI=1S/C26H27FN4O3/c1-34-24-4-2-3-19(17-24)18-28-26(29-22-9-5-20(6-10-22)25(32)33)31-15-13-30(14-16-31)23-11-7-21(27)8-12-23/h2-12,17H,13-16,18H2,1H3,(H,28,29)(H,32,33). The number of guanidine groups is 1. The van der Waals surface area contributed by atoms with E-state index >= 15 is 0 Å². The molecule has 3 aromatic rings. The van der Waals surface area contributed by atoms with Gasteiger partial charge in [0.25, 0.3) is 0 Å². The van der Waals surface area contributed by atoms with Crippen molar-refractivity contribution >= 4 is 23.3 Å². The highest BCUT2D eigenvalue weighted by atomic mass is 19.1. The maximum absolute atomic E-state index is 13.3. The van der Waals surface area contributed by atoms with Gasteiger partial charge in [0.1, 0.15) is 11.6 Å². The molecule has 1 saturated heterocycles. The zero-order chi connectivity index (χ0) is 23.9. The lowest BCUT2D eigenvalue weighted by Crippen LogP contribution is -2.50. The van der Waals surface area contributed by atoms with E-state index in [1.807, 2.05) is 24.3 Å². The van der Waals surface area contributed by atoms with Crippen molar-refractivity contribution in [1.29, 1.82) is 0 Å². The Bertz CT molecular complexity index is 1140. The van der Waals surface area contributed by atoms with Crippen molar-refractivity contribution < 1.29 is 19.0 Å². The van der Waals surface area contributed by atoms with E-state index in [-0.39, 0.29) is 11.4 Å². The summed E-state index contributed by atoms with van der Waals surface area (Å²) < 4.78 is 18.6. The van der Waals surface area contributed by atoms with Gasteiger partial charge in [0.2, 0.25) is 0 Å². The molecule has 34 heavy (non-hydrogen) atoms. The van der Waals surface area contributed by atoms with Gasteiger partial charge in [0.05, 0.1) is 19.2 Å². The van der Waals surface area contributed by atoms with Gasteiger partial charge in [0, 0.05) is 37.6 Å². The number of benzene rings is 3. The Labute approximate surface area is 198 Å². The highest BCUT2D eigenvalue weighted by molar-refractivity contribution is 5.95. The largest absolute Gasteiger partial charge is 0.497 e. The minimum absolute atomic E-state index is 0.230. The Morgan fingerprint density at radius 3 is 2.38 bits per heavy atom. The van der Waals surface area contributed by atoms with Gasteiger partial charge in [-0.15, -0.1) is 0 Å². The van der Waals surface area contributed by atoms with Gasteiger partial charge in [-0.2, -0.15) is 0 Å². The highest BCUT2D eigenvalue weighted by Crippen LogP contribution is 2.19. The van der Waals surface area contributed by atoms with Crippen LogP contribution in [-0.4, -0.2) is 55.2 Å². The third-order valence-corrected chi connectivity index (χ3v) is 5.70. The van der Waals surface area contributed by atoms with Crippen molar-refractivity contribution in [3.05, 3.63) is 89.7 Å². The molecular formula is C26H27FN4O3. The maximum atomic E-state index is 13.3. The molecule has 0 bridgehead atoms. The number of halogens is 1. The number of aliphatic imine (C=N–C) groups is 1. The summed E-state index contributed by atoms with van der Waals surface area (Å²) in [6, 6.07) is 20.9. The van der Waals surface area contributed by atoms with E-state index < -0.39 is 5.97 Å². The normalized spacial score (nSPS) is 14.1. The second-order valence-electron chi connectivity index (χ2n) is 7.95. The summed E-state index contributed by atoms with van der Waals surface area (Å²) in [5, 5.41) is 12.5. The van der Waals surface area contributed by atoms with Gasteiger partial charge in [-0.05, 0) is 66.2 Å². The van der Waals surface area contributed by atoms with Crippen LogP contribution in [0.1, 0.15) is 15.9 Å². The molecule has 0 aliphatic carbocycles. The van der Waals surface area contributed by atoms with Gasteiger partial charge in [-0.1, -0.05) is 12.1 Å². The monoisotopic (exact) mass is 462 g/mol. The Kier molecular flexibility index (Phi) is 7.27. The summed E-state index contributed by atoms with van der Waals surface area (Å²) in [6.07, 6.45) is 0. The molecule has 0 unspecified atom stereocenters. The Morgan fingerprint density at radius 2 is 1.74 bits per heavy atom. The number of ether oxygens (including phenoxy) is 1. The minimum atomic E-state index is -0.963. The first-order valence-corrected chi connectivity index (χ1v) is 11.0. The summed E-state index contributed by atoms with van der Waals surface area (Å²) in [7, 11) is 1.64. The number of carboxylic acids is 1. The number of carboxylic acid groups (broad SMARTS) is 1. The van der Waals surface area contributed by atoms with Crippen LogP contribution in [0.2, 0.25) is 0 Å². The molecule has 1 aliphatic heterocycles. The predicted octanol–water partition coefficient (Wildman–Crippen LogP) is 4.32. The Balaban J connectivity index is 1.50. The fourth-order valence-electron chi connectivity index (χ4n) is 3.81. The molecule has 176 valence electrons. The summed E-state index contributed by atoms with van der Waals surface area (Å²) in [6.45, 7) is 3.46. The van der Waals surface area contributed by atoms with Crippen molar-refractivity contribution in [3.63, 3.8) is 0 Å². The van der Waals surface area contributed by atoms with Gasteiger partial charge in [0.15, 0.2) is 5.96 Å². The van der Waals surface area contributed by atoms with Crippen LogP contribution in [0.3, 0.4) is 0 Å². The van der Waals surface area contributed by atoms with Crippen molar-refractivity contribution in [1.82, 2.24) is 4.90 Å². The second-order valence-corrected chi connectivity index (χ2v) is 7.95. The number of methoxy groups -OCH3 is 1. The third-order valence-electron chi connectivity index (χ3n) is 5.70. The molecule has 0 radical (unpaired) electrons. The van der Waals surface area contributed by atoms with Crippen LogP contribution >= 0.6 is 0 Å². The minimum Gasteiger partial charge on any atom is -0.497 e. The topological polar surface area (TPSA) is 77.4 Å².